The Morgan fingerprint density at radius 2 is 0.659 bits per heavy atom. The van der Waals surface area contributed by atoms with Crippen LogP contribution in [0.5, 0.6) is 0 Å². The van der Waals surface area contributed by atoms with Crippen molar-refractivity contribution in [3.8, 4) is 0 Å². The molecule has 494 valence electrons. The molecule has 12 aliphatic rings. The second-order valence-corrected chi connectivity index (χ2v) is 29.9. The lowest BCUT2D eigenvalue weighted by Crippen LogP contribution is -2.51. The summed E-state index contributed by atoms with van der Waals surface area (Å²) in [6.45, 7) is 18.7. The number of carboxylic acids is 5. The zero-order valence-electron chi connectivity index (χ0n) is 54.8. The van der Waals surface area contributed by atoms with E-state index in [1.807, 2.05) is 0 Å². The van der Waals surface area contributed by atoms with Crippen LogP contribution in [0.4, 0.5) is 0 Å². The van der Waals surface area contributed by atoms with E-state index in [0.717, 1.165) is 89.0 Å². The maximum absolute atomic E-state index is 10.8. The van der Waals surface area contributed by atoms with Crippen LogP contribution in [0.2, 0.25) is 0 Å². The third kappa shape index (κ3) is 14.4. The van der Waals surface area contributed by atoms with Gasteiger partial charge in [0.1, 0.15) is 0 Å². The standard InChI is InChI=1S/5C12H19NO2.C12H21N/c5*1-2-8-3-9-5-12(7-13,6-11(14)15)10(9)4-8;1-3-9-5-10-7-12(4-2,8-13)11(10)6-9/h3*4,9-10H,2-3,5-7,13H2,1H3,(H,14,15);3,9-10H,2,4-7,13H2,1H3,(H,14,15);2,9-10H,3-7,13H2,1H3,(H,14,15);6,10-11H,3-5,7-8,13H2,1-2H3/t9-,10-,12+;4*9-,10-,12-;10-,11-,12+/m110101/s1. The number of carboxylic acid groups (broad SMARTS) is 5. The number of aliphatic carboxylic acids is 5. The van der Waals surface area contributed by atoms with Crippen LogP contribution in [0.1, 0.15) is 203 Å². The second kappa shape index (κ2) is 29.4. The van der Waals surface area contributed by atoms with Gasteiger partial charge in [-0.25, -0.2) is 0 Å². The van der Waals surface area contributed by atoms with Crippen LogP contribution in [0, 0.1) is 104 Å². The molecule has 0 aromatic heterocycles. The lowest BCUT2D eigenvalue weighted by Gasteiger charge is -2.51. The fourth-order valence-corrected chi connectivity index (χ4v) is 20.2. The summed E-state index contributed by atoms with van der Waals surface area (Å²) in [5.74, 6) is 3.98. The molecule has 0 amide bonds. The molecular formula is C72H116N6O10. The highest BCUT2D eigenvalue weighted by molar-refractivity contribution is 5.70. The average molecular weight is 1230 g/mol. The fraction of sp³-hybridized carbons (Fsp3) is 0.764. The van der Waals surface area contributed by atoms with Gasteiger partial charge in [0, 0.05) is 0 Å². The summed E-state index contributed by atoms with van der Waals surface area (Å²) in [6, 6.07) is 0. The summed E-state index contributed by atoms with van der Waals surface area (Å²) >= 11 is 0. The number of allylic oxidation sites excluding steroid dienone is 12. The third-order valence-electron chi connectivity index (χ3n) is 25.5. The van der Waals surface area contributed by atoms with E-state index in [4.69, 9.17) is 59.9 Å². The third-order valence-corrected chi connectivity index (χ3v) is 25.5. The molecule has 0 saturated heterocycles. The van der Waals surface area contributed by atoms with Crippen LogP contribution in [-0.2, 0) is 24.0 Å². The zero-order valence-corrected chi connectivity index (χ0v) is 54.8. The van der Waals surface area contributed by atoms with E-state index < -0.39 is 29.8 Å². The van der Waals surface area contributed by atoms with Crippen molar-refractivity contribution in [2.45, 2.75) is 203 Å². The van der Waals surface area contributed by atoms with Gasteiger partial charge < -0.3 is 59.9 Å². The molecule has 12 aliphatic carbocycles. The van der Waals surface area contributed by atoms with E-state index in [1.54, 1.807) is 5.57 Å². The Labute approximate surface area is 526 Å². The van der Waals surface area contributed by atoms with E-state index in [-0.39, 0.29) is 59.2 Å². The highest BCUT2D eigenvalue weighted by Crippen LogP contribution is 2.65. The summed E-state index contributed by atoms with van der Waals surface area (Å²) in [5, 5.41) is 44.6. The topological polar surface area (TPSA) is 343 Å². The SMILES string of the molecule is CC=C1C[C@H]2C[C@@](CN)(CC(=O)O)[C@H]2C1.CCC1=C[C@@H]2C[C@](CN)(CC(=O)O)[C@@H]2C1.CCC1=C[C@@H]2[C@H](C1)C[C@@]2(CC)CN.CCC1=C[C@@H]2[C@H](C1)C[C@@]2(CN)CC(=O)O.CCC1=C[C@@H]2[C@H](C1)C[C@]2(CN)CC(=O)O.CCC1=C[C@H]2[C@@H](C1)C[C@@]2(CN)CC(=O)O. The minimum absolute atomic E-state index is 0.0960. The molecule has 0 aromatic rings. The molecule has 0 aromatic carbocycles. The molecule has 17 N–H and O–H groups in total. The molecule has 0 bridgehead atoms. The van der Waals surface area contributed by atoms with Crippen molar-refractivity contribution in [2.24, 2.45) is 138 Å². The molecule has 88 heavy (non-hydrogen) atoms. The number of fused-ring (bicyclic) bond motifs is 6. The summed E-state index contributed by atoms with van der Waals surface area (Å²) in [7, 11) is 0. The van der Waals surface area contributed by atoms with Gasteiger partial charge in [-0.1, -0.05) is 111 Å². The first-order chi connectivity index (χ1) is 41.8. The van der Waals surface area contributed by atoms with E-state index in [9.17, 15) is 24.0 Å². The second-order valence-electron chi connectivity index (χ2n) is 29.9. The van der Waals surface area contributed by atoms with Crippen LogP contribution in [0.15, 0.2) is 69.9 Å². The Balaban J connectivity index is 0.000000151. The maximum Gasteiger partial charge on any atom is 0.303 e. The van der Waals surface area contributed by atoms with Crippen molar-refractivity contribution < 1.29 is 49.5 Å². The molecule has 0 unspecified atom stereocenters. The molecule has 0 heterocycles. The molecule has 7 saturated carbocycles. The lowest BCUT2D eigenvalue weighted by molar-refractivity contribution is -0.146. The molecule has 7 fully saturated rings. The molecule has 18 atom stereocenters. The monoisotopic (exact) mass is 1220 g/mol. The fourth-order valence-electron chi connectivity index (χ4n) is 20.2. The summed E-state index contributed by atoms with van der Waals surface area (Å²) < 4.78 is 0. The van der Waals surface area contributed by atoms with Crippen LogP contribution in [0.25, 0.3) is 0 Å². The Morgan fingerprint density at radius 1 is 0.375 bits per heavy atom. The number of carbonyl (C=O) groups is 5. The summed E-state index contributed by atoms with van der Waals surface area (Å²) in [6.07, 6.45) is 36.6. The van der Waals surface area contributed by atoms with Crippen molar-refractivity contribution in [3.05, 3.63) is 69.9 Å². The van der Waals surface area contributed by atoms with Crippen LogP contribution >= 0.6 is 0 Å². The van der Waals surface area contributed by atoms with E-state index >= 15 is 0 Å². The van der Waals surface area contributed by atoms with E-state index in [0.29, 0.717) is 97.3 Å². The van der Waals surface area contributed by atoms with Crippen molar-refractivity contribution in [2.75, 3.05) is 39.3 Å². The molecule has 0 aliphatic heterocycles. The largest absolute Gasteiger partial charge is 0.481 e. The van der Waals surface area contributed by atoms with Gasteiger partial charge in [0.15, 0.2) is 0 Å². The Kier molecular flexibility index (Phi) is 23.8. The van der Waals surface area contributed by atoms with Gasteiger partial charge in [-0.3, -0.25) is 24.0 Å². The van der Waals surface area contributed by atoms with Gasteiger partial charge in [0.2, 0.25) is 0 Å². The number of hydrogen-bond donors (Lipinski definition) is 11. The summed E-state index contributed by atoms with van der Waals surface area (Å²) in [5.41, 5.74) is 43.8. The highest BCUT2D eigenvalue weighted by atomic mass is 16.4. The number of nitrogens with two attached hydrogens (primary N) is 6. The predicted molar refractivity (Wildman–Crippen MR) is 348 cm³/mol. The van der Waals surface area contributed by atoms with Crippen molar-refractivity contribution in [1.29, 1.82) is 0 Å². The number of hydrogen-bond acceptors (Lipinski definition) is 11. The van der Waals surface area contributed by atoms with Crippen molar-refractivity contribution >= 4 is 29.8 Å². The first kappa shape index (κ1) is 71.0. The maximum atomic E-state index is 10.8. The molecule has 16 heteroatoms. The van der Waals surface area contributed by atoms with Crippen LogP contribution in [0.3, 0.4) is 0 Å². The van der Waals surface area contributed by atoms with Crippen LogP contribution < -0.4 is 34.4 Å². The Morgan fingerprint density at radius 3 is 0.955 bits per heavy atom. The van der Waals surface area contributed by atoms with Gasteiger partial charge in [-0.05, 0) is 272 Å². The number of rotatable bonds is 22. The zero-order chi connectivity index (χ0) is 64.7. The van der Waals surface area contributed by atoms with Gasteiger partial charge in [0.25, 0.3) is 0 Å². The first-order valence-electron chi connectivity index (χ1n) is 34.2. The predicted octanol–water partition coefficient (Wildman–Crippen LogP) is 11.6. The molecule has 16 nitrogen and oxygen atoms in total. The van der Waals surface area contributed by atoms with Crippen LogP contribution in [-0.4, -0.2) is 94.6 Å². The Hall–Kier alpha value is -4.45. The minimum atomic E-state index is -0.711. The van der Waals surface area contributed by atoms with Crippen molar-refractivity contribution in [1.82, 2.24) is 0 Å². The first-order valence-corrected chi connectivity index (χ1v) is 34.2. The minimum Gasteiger partial charge on any atom is -0.481 e. The van der Waals surface area contributed by atoms with E-state index in [1.165, 1.54) is 79.2 Å². The lowest BCUT2D eigenvalue weighted by atomic mass is 9.53. The highest BCUT2D eigenvalue weighted by Gasteiger charge is 2.59. The average Bonchev–Trinajstić information content (AvgIpc) is 1.58. The summed E-state index contributed by atoms with van der Waals surface area (Å²) in [4.78, 5) is 54.2. The van der Waals surface area contributed by atoms with E-state index in [2.05, 4.69) is 84.9 Å². The Bertz CT molecular complexity index is 2560. The molecule has 0 spiro atoms. The van der Waals surface area contributed by atoms with Crippen molar-refractivity contribution in [3.63, 3.8) is 0 Å². The molecular weight excluding hydrogens is 1110 g/mol. The normalized spacial score (nSPS) is 39.3. The molecule has 0 radical (unpaired) electrons. The van der Waals surface area contributed by atoms with Gasteiger partial charge in [0.05, 0.1) is 32.1 Å². The smallest absolute Gasteiger partial charge is 0.303 e. The van der Waals surface area contributed by atoms with Gasteiger partial charge in [-0.15, -0.1) is 0 Å². The van der Waals surface area contributed by atoms with Gasteiger partial charge in [-0.2, -0.15) is 0 Å². The molecule has 12 rings (SSSR count). The van der Waals surface area contributed by atoms with Gasteiger partial charge >= 0.3 is 29.8 Å². The quantitative estimate of drug-likeness (QED) is 0.0449.